The van der Waals surface area contributed by atoms with E-state index in [0.717, 1.165) is 10.9 Å². The van der Waals surface area contributed by atoms with Gasteiger partial charge in [0.05, 0.1) is 12.1 Å². The predicted octanol–water partition coefficient (Wildman–Crippen LogP) is 1.94. The zero-order valence-electron chi connectivity index (χ0n) is 7.49. The summed E-state index contributed by atoms with van der Waals surface area (Å²) in [5.41, 5.74) is 1.42. The number of ketones is 1. The summed E-state index contributed by atoms with van der Waals surface area (Å²) >= 11 is 0. The predicted molar refractivity (Wildman–Crippen MR) is 53.3 cm³/mol. The third kappa shape index (κ3) is 1.44. The molecule has 70 valence electrons. The van der Waals surface area contributed by atoms with Gasteiger partial charge in [0.25, 0.3) is 0 Å². The maximum absolute atomic E-state index is 11.4. The van der Waals surface area contributed by atoms with Crippen LogP contribution < -0.4 is 0 Å². The highest BCUT2D eigenvalue weighted by molar-refractivity contribution is 6.04. The third-order valence-corrected chi connectivity index (χ3v) is 2.10. The van der Waals surface area contributed by atoms with Gasteiger partial charge in [0, 0.05) is 10.9 Å². The zero-order chi connectivity index (χ0) is 9.97. The lowest BCUT2D eigenvalue weighted by Gasteiger charge is -1.88. The van der Waals surface area contributed by atoms with Gasteiger partial charge >= 0.3 is 0 Å². The number of aromatic amines is 1. The van der Waals surface area contributed by atoms with Crippen LogP contribution in [0.25, 0.3) is 10.9 Å². The fraction of sp³-hybridized carbons (Fsp3) is 0.0909. The molecule has 0 spiro atoms. The van der Waals surface area contributed by atoms with E-state index in [1.54, 1.807) is 6.07 Å². The molecule has 0 aliphatic heterocycles. The van der Waals surface area contributed by atoms with Crippen molar-refractivity contribution in [1.29, 1.82) is 0 Å². The van der Waals surface area contributed by atoms with E-state index in [1.165, 1.54) is 0 Å². The minimum Gasteiger partial charge on any atom is -0.352 e. The van der Waals surface area contributed by atoms with Crippen molar-refractivity contribution in [1.82, 2.24) is 4.98 Å². The van der Waals surface area contributed by atoms with E-state index < -0.39 is 0 Å². The summed E-state index contributed by atoms with van der Waals surface area (Å²) in [7, 11) is 0. The lowest BCUT2D eigenvalue weighted by atomic mass is 10.2. The number of hydrogen-bond donors (Lipinski definition) is 1. The van der Waals surface area contributed by atoms with E-state index in [4.69, 9.17) is 0 Å². The molecule has 0 atom stereocenters. The van der Waals surface area contributed by atoms with Gasteiger partial charge in [-0.05, 0) is 12.1 Å². The minimum atomic E-state index is -0.170. The molecule has 1 heterocycles. The molecule has 2 rings (SSSR count). The molecule has 0 aliphatic carbocycles. The molecule has 3 heteroatoms. The highest BCUT2D eigenvalue weighted by Gasteiger charge is 2.07. The summed E-state index contributed by atoms with van der Waals surface area (Å²) in [6.45, 7) is 0. The Hall–Kier alpha value is -1.90. The Balaban J connectivity index is 2.44. The van der Waals surface area contributed by atoms with Gasteiger partial charge in [0.2, 0.25) is 0 Å². The largest absolute Gasteiger partial charge is 0.352 e. The fourth-order valence-corrected chi connectivity index (χ4v) is 1.41. The van der Waals surface area contributed by atoms with E-state index in [1.807, 2.05) is 24.3 Å². The number of Topliss-reactive ketones (excluding diaryl/α,β-unsaturated/α-hetero) is 1. The van der Waals surface area contributed by atoms with Crippen molar-refractivity contribution >= 4 is 23.0 Å². The third-order valence-electron chi connectivity index (χ3n) is 2.10. The topological polar surface area (TPSA) is 49.9 Å². The van der Waals surface area contributed by atoms with Gasteiger partial charge in [0.1, 0.15) is 6.29 Å². The summed E-state index contributed by atoms with van der Waals surface area (Å²) in [6.07, 6.45) is 0.556. The van der Waals surface area contributed by atoms with Crippen LogP contribution in [0.3, 0.4) is 0 Å². The van der Waals surface area contributed by atoms with Crippen molar-refractivity contribution in [3.8, 4) is 0 Å². The lowest BCUT2D eigenvalue weighted by molar-refractivity contribution is -0.107. The first-order valence-electron chi connectivity index (χ1n) is 4.36. The van der Waals surface area contributed by atoms with Crippen LogP contribution in [-0.4, -0.2) is 17.1 Å². The average Bonchev–Trinajstić information content (AvgIpc) is 2.61. The van der Waals surface area contributed by atoms with Crippen LogP contribution >= 0.6 is 0 Å². The molecule has 1 aromatic carbocycles. The Morgan fingerprint density at radius 2 is 2.14 bits per heavy atom. The standard InChI is InChI=1S/C11H9NO2/c13-6-5-11(14)10-7-8-3-1-2-4-9(8)12-10/h1-4,6-7,12H,5H2. The molecule has 2 aromatic rings. The average molecular weight is 187 g/mol. The summed E-state index contributed by atoms with van der Waals surface area (Å²) < 4.78 is 0. The Morgan fingerprint density at radius 1 is 1.36 bits per heavy atom. The van der Waals surface area contributed by atoms with Crippen LogP contribution in [0.5, 0.6) is 0 Å². The molecule has 1 aromatic heterocycles. The van der Waals surface area contributed by atoms with Crippen molar-refractivity contribution in [3.63, 3.8) is 0 Å². The number of rotatable bonds is 3. The normalized spacial score (nSPS) is 10.3. The smallest absolute Gasteiger partial charge is 0.186 e. The second-order valence-corrected chi connectivity index (χ2v) is 3.06. The molecule has 0 aliphatic rings. The maximum atomic E-state index is 11.4. The van der Waals surface area contributed by atoms with Crippen molar-refractivity contribution in [2.45, 2.75) is 6.42 Å². The molecule has 0 unspecified atom stereocenters. The summed E-state index contributed by atoms with van der Waals surface area (Å²) in [5.74, 6) is -0.170. The first kappa shape index (κ1) is 8.69. The molecule has 0 saturated carbocycles. The molecular weight excluding hydrogens is 178 g/mol. The molecule has 0 radical (unpaired) electrons. The summed E-state index contributed by atoms with van der Waals surface area (Å²) in [5, 5.41) is 0.988. The Morgan fingerprint density at radius 3 is 2.86 bits per heavy atom. The van der Waals surface area contributed by atoms with Gasteiger partial charge in [-0.2, -0.15) is 0 Å². The molecule has 14 heavy (non-hydrogen) atoms. The van der Waals surface area contributed by atoms with Crippen LogP contribution in [0.1, 0.15) is 16.9 Å². The molecular formula is C11H9NO2. The highest BCUT2D eigenvalue weighted by atomic mass is 16.1. The van der Waals surface area contributed by atoms with Crippen LogP contribution in [0.4, 0.5) is 0 Å². The first-order valence-corrected chi connectivity index (χ1v) is 4.36. The van der Waals surface area contributed by atoms with E-state index in [0.29, 0.717) is 12.0 Å². The van der Waals surface area contributed by atoms with E-state index in [-0.39, 0.29) is 12.2 Å². The van der Waals surface area contributed by atoms with Crippen LogP contribution in [0, 0.1) is 0 Å². The minimum absolute atomic E-state index is 0.0627. The zero-order valence-corrected chi connectivity index (χ0v) is 7.49. The van der Waals surface area contributed by atoms with Gasteiger partial charge in [-0.15, -0.1) is 0 Å². The first-order chi connectivity index (χ1) is 6.81. The molecule has 3 nitrogen and oxygen atoms in total. The number of nitrogens with one attached hydrogen (secondary N) is 1. The van der Waals surface area contributed by atoms with Crippen molar-refractivity contribution in [2.75, 3.05) is 0 Å². The number of aromatic nitrogens is 1. The number of hydrogen-bond acceptors (Lipinski definition) is 2. The number of H-pyrrole nitrogens is 1. The monoisotopic (exact) mass is 187 g/mol. The quantitative estimate of drug-likeness (QED) is 0.453. The van der Waals surface area contributed by atoms with Crippen LogP contribution in [0.2, 0.25) is 0 Å². The highest BCUT2D eigenvalue weighted by Crippen LogP contribution is 2.15. The Kier molecular flexibility index (Phi) is 2.14. The van der Waals surface area contributed by atoms with Crippen molar-refractivity contribution < 1.29 is 9.59 Å². The molecule has 0 bridgehead atoms. The lowest BCUT2D eigenvalue weighted by Crippen LogP contribution is -1.98. The number of aldehydes is 1. The second-order valence-electron chi connectivity index (χ2n) is 3.06. The van der Waals surface area contributed by atoms with E-state index in [2.05, 4.69) is 4.98 Å². The molecule has 0 saturated heterocycles. The Bertz CT molecular complexity index is 452. The second kappa shape index (κ2) is 3.46. The van der Waals surface area contributed by atoms with E-state index >= 15 is 0 Å². The molecule has 0 amide bonds. The number of carbonyl (C=O) groups is 2. The van der Waals surface area contributed by atoms with Gasteiger partial charge in [-0.1, -0.05) is 18.2 Å². The van der Waals surface area contributed by atoms with Crippen LogP contribution in [-0.2, 0) is 4.79 Å². The summed E-state index contributed by atoms with van der Waals surface area (Å²) in [4.78, 5) is 24.5. The number of fused-ring (bicyclic) bond motifs is 1. The summed E-state index contributed by atoms with van der Waals surface area (Å²) in [6, 6.07) is 9.38. The van der Waals surface area contributed by atoms with Crippen molar-refractivity contribution in [3.05, 3.63) is 36.0 Å². The van der Waals surface area contributed by atoms with Gasteiger partial charge < -0.3 is 9.78 Å². The van der Waals surface area contributed by atoms with E-state index in [9.17, 15) is 9.59 Å². The van der Waals surface area contributed by atoms with Gasteiger partial charge in [0.15, 0.2) is 5.78 Å². The number of benzene rings is 1. The fourth-order valence-electron chi connectivity index (χ4n) is 1.41. The Labute approximate surface area is 80.7 Å². The molecule has 0 fully saturated rings. The van der Waals surface area contributed by atoms with Gasteiger partial charge in [-0.3, -0.25) is 4.79 Å². The SMILES string of the molecule is O=CCC(=O)c1cc2ccccc2[nH]1. The molecule has 1 N–H and O–H groups in total. The van der Waals surface area contributed by atoms with Crippen molar-refractivity contribution in [2.24, 2.45) is 0 Å². The van der Waals surface area contributed by atoms with Crippen LogP contribution in [0.15, 0.2) is 30.3 Å². The maximum Gasteiger partial charge on any atom is 0.186 e. The van der Waals surface area contributed by atoms with Gasteiger partial charge in [-0.25, -0.2) is 0 Å². The number of para-hydroxylation sites is 1. The number of carbonyl (C=O) groups excluding carboxylic acids is 2.